The first-order valence-electron chi connectivity index (χ1n) is 7.86. The summed E-state index contributed by atoms with van der Waals surface area (Å²) in [6, 6.07) is 10.7. The van der Waals surface area contributed by atoms with Crippen LogP contribution in [0.25, 0.3) is 11.1 Å². The van der Waals surface area contributed by atoms with Crippen molar-refractivity contribution in [3.8, 4) is 11.1 Å². The molecule has 1 saturated heterocycles. The maximum absolute atomic E-state index is 4.66. The number of aryl methyl sites for hydroxylation is 1. The maximum Gasteiger partial charge on any atom is 0.129 e. The number of halogens is 1. The van der Waals surface area contributed by atoms with E-state index in [0.29, 0.717) is 0 Å². The molecule has 1 aromatic heterocycles. The van der Waals surface area contributed by atoms with Gasteiger partial charge in [-0.1, -0.05) is 24.3 Å². The standard InChI is InChI=1S/C18H24N4.ClH/c1-14-6-4-5-7-15(14)16-12-18(20-13-17(16)19-2)22-10-8-21(3)9-11-22;/h4-7,12-13,19H,8-11H2,1-3H3;1H. The average molecular weight is 333 g/mol. The first kappa shape index (κ1) is 17.6. The van der Waals surface area contributed by atoms with Crippen molar-refractivity contribution in [3.63, 3.8) is 0 Å². The van der Waals surface area contributed by atoms with Crippen molar-refractivity contribution in [3.05, 3.63) is 42.1 Å². The maximum atomic E-state index is 4.66. The van der Waals surface area contributed by atoms with E-state index in [1.54, 1.807) is 0 Å². The molecule has 0 amide bonds. The molecule has 5 heteroatoms. The van der Waals surface area contributed by atoms with Crippen LogP contribution in [0.15, 0.2) is 36.5 Å². The topological polar surface area (TPSA) is 31.4 Å². The highest BCUT2D eigenvalue weighted by molar-refractivity contribution is 5.85. The van der Waals surface area contributed by atoms with Crippen molar-refractivity contribution < 1.29 is 0 Å². The number of nitrogens with one attached hydrogen (secondary N) is 1. The minimum Gasteiger partial charge on any atom is -0.386 e. The summed E-state index contributed by atoms with van der Waals surface area (Å²) in [6.45, 7) is 6.42. The van der Waals surface area contributed by atoms with Crippen LogP contribution in [-0.2, 0) is 0 Å². The number of benzene rings is 1. The van der Waals surface area contributed by atoms with Gasteiger partial charge in [-0.05, 0) is 31.2 Å². The Kier molecular flexibility index (Phi) is 5.85. The van der Waals surface area contributed by atoms with Gasteiger partial charge in [0.15, 0.2) is 0 Å². The molecule has 1 fully saturated rings. The Morgan fingerprint density at radius 2 is 1.74 bits per heavy atom. The first-order valence-corrected chi connectivity index (χ1v) is 7.86. The van der Waals surface area contributed by atoms with E-state index in [1.165, 1.54) is 16.7 Å². The zero-order valence-electron chi connectivity index (χ0n) is 14.0. The van der Waals surface area contributed by atoms with Crippen molar-refractivity contribution in [1.82, 2.24) is 9.88 Å². The van der Waals surface area contributed by atoms with Gasteiger partial charge in [-0.3, -0.25) is 0 Å². The third-order valence-corrected chi connectivity index (χ3v) is 4.42. The van der Waals surface area contributed by atoms with Gasteiger partial charge in [0, 0.05) is 38.8 Å². The molecule has 1 N–H and O–H groups in total. The van der Waals surface area contributed by atoms with Gasteiger partial charge in [0.25, 0.3) is 0 Å². The Morgan fingerprint density at radius 3 is 2.39 bits per heavy atom. The van der Waals surface area contributed by atoms with Crippen LogP contribution in [0, 0.1) is 6.92 Å². The van der Waals surface area contributed by atoms with Gasteiger partial charge < -0.3 is 15.1 Å². The highest BCUT2D eigenvalue weighted by Gasteiger charge is 2.17. The summed E-state index contributed by atoms with van der Waals surface area (Å²) in [5.74, 6) is 1.07. The van der Waals surface area contributed by atoms with Gasteiger partial charge in [-0.25, -0.2) is 4.98 Å². The number of likely N-dealkylation sites (N-methyl/N-ethyl adjacent to an activating group) is 1. The molecule has 124 valence electrons. The van der Waals surface area contributed by atoms with Crippen LogP contribution in [0.1, 0.15) is 5.56 Å². The monoisotopic (exact) mass is 332 g/mol. The van der Waals surface area contributed by atoms with Crippen LogP contribution in [0.4, 0.5) is 11.5 Å². The van der Waals surface area contributed by atoms with Crippen LogP contribution < -0.4 is 10.2 Å². The fourth-order valence-electron chi connectivity index (χ4n) is 2.95. The molecule has 2 aromatic rings. The highest BCUT2D eigenvalue weighted by atomic mass is 35.5. The minimum absolute atomic E-state index is 0. The zero-order chi connectivity index (χ0) is 15.5. The van der Waals surface area contributed by atoms with Crippen LogP contribution in [0.2, 0.25) is 0 Å². The lowest BCUT2D eigenvalue weighted by Gasteiger charge is -2.33. The van der Waals surface area contributed by atoms with Gasteiger partial charge in [0.2, 0.25) is 0 Å². The molecule has 2 heterocycles. The van der Waals surface area contributed by atoms with Crippen molar-refractivity contribution in [2.75, 3.05) is 50.5 Å². The molecule has 0 saturated carbocycles. The SMILES string of the molecule is CNc1cnc(N2CCN(C)CC2)cc1-c1ccccc1C.Cl. The summed E-state index contributed by atoms with van der Waals surface area (Å²) >= 11 is 0. The average Bonchev–Trinajstić information content (AvgIpc) is 2.55. The normalized spacial score (nSPS) is 15.2. The number of pyridine rings is 1. The quantitative estimate of drug-likeness (QED) is 0.934. The van der Waals surface area contributed by atoms with E-state index in [9.17, 15) is 0 Å². The summed E-state index contributed by atoms with van der Waals surface area (Å²) in [5.41, 5.74) is 4.86. The number of piperazine rings is 1. The van der Waals surface area contributed by atoms with Gasteiger partial charge in [-0.2, -0.15) is 0 Å². The number of aromatic nitrogens is 1. The van der Waals surface area contributed by atoms with Crippen LogP contribution in [0.3, 0.4) is 0 Å². The summed E-state index contributed by atoms with van der Waals surface area (Å²) in [6.07, 6.45) is 1.95. The van der Waals surface area contributed by atoms with Crippen LogP contribution in [-0.4, -0.2) is 50.2 Å². The molecule has 0 bridgehead atoms. The lowest BCUT2D eigenvalue weighted by atomic mass is 10.00. The second-order valence-electron chi connectivity index (χ2n) is 5.94. The summed E-state index contributed by atoms with van der Waals surface area (Å²) in [7, 11) is 4.13. The Labute approximate surface area is 144 Å². The van der Waals surface area contributed by atoms with Crippen molar-refractivity contribution in [2.45, 2.75) is 6.92 Å². The zero-order valence-corrected chi connectivity index (χ0v) is 14.9. The summed E-state index contributed by atoms with van der Waals surface area (Å²) < 4.78 is 0. The molecule has 1 aliphatic rings. The van der Waals surface area contributed by atoms with E-state index in [2.05, 4.69) is 64.4 Å². The minimum atomic E-state index is 0. The molecule has 0 atom stereocenters. The Hall–Kier alpha value is -1.78. The van der Waals surface area contributed by atoms with Crippen molar-refractivity contribution in [1.29, 1.82) is 0 Å². The van der Waals surface area contributed by atoms with E-state index < -0.39 is 0 Å². The number of anilines is 2. The first-order chi connectivity index (χ1) is 10.7. The molecular weight excluding hydrogens is 308 g/mol. The van der Waals surface area contributed by atoms with E-state index in [4.69, 9.17) is 0 Å². The van der Waals surface area contributed by atoms with E-state index in [-0.39, 0.29) is 12.4 Å². The second-order valence-corrected chi connectivity index (χ2v) is 5.94. The largest absolute Gasteiger partial charge is 0.386 e. The second kappa shape index (κ2) is 7.66. The number of hydrogen-bond acceptors (Lipinski definition) is 4. The van der Waals surface area contributed by atoms with Crippen LogP contribution in [0.5, 0.6) is 0 Å². The third-order valence-electron chi connectivity index (χ3n) is 4.42. The van der Waals surface area contributed by atoms with Gasteiger partial charge in [0.1, 0.15) is 5.82 Å². The van der Waals surface area contributed by atoms with Crippen molar-refractivity contribution in [2.24, 2.45) is 0 Å². The molecule has 1 aliphatic heterocycles. The molecular formula is C18H25ClN4. The smallest absolute Gasteiger partial charge is 0.129 e. The molecule has 0 radical (unpaired) electrons. The Balaban J connectivity index is 0.00000192. The lowest BCUT2D eigenvalue weighted by Crippen LogP contribution is -2.44. The van der Waals surface area contributed by atoms with E-state index >= 15 is 0 Å². The van der Waals surface area contributed by atoms with E-state index in [1.807, 2.05) is 13.2 Å². The predicted molar refractivity (Wildman–Crippen MR) is 101 cm³/mol. The predicted octanol–water partition coefficient (Wildman–Crippen LogP) is 3.27. The molecule has 1 aromatic carbocycles. The number of hydrogen-bond donors (Lipinski definition) is 1. The molecule has 0 unspecified atom stereocenters. The number of rotatable bonds is 3. The Bertz CT molecular complexity index is 651. The Morgan fingerprint density at radius 1 is 1.04 bits per heavy atom. The fraction of sp³-hybridized carbons (Fsp3) is 0.389. The van der Waals surface area contributed by atoms with Gasteiger partial charge in [-0.15, -0.1) is 12.4 Å². The third kappa shape index (κ3) is 3.77. The molecule has 0 aliphatic carbocycles. The molecule has 4 nitrogen and oxygen atoms in total. The van der Waals surface area contributed by atoms with E-state index in [0.717, 1.165) is 37.7 Å². The fourth-order valence-corrected chi connectivity index (χ4v) is 2.95. The van der Waals surface area contributed by atoms with Gasteiger partial charge >= 0.3 is 0 Å². The molecule has 3 rings (SSSR count). The molecule has 23 heavy (non-hydrogen) atoms. The summed E-state index contributed by atoms with van der Waals surface area (Å²) in [4.78, 5) is 9.40. The molecule has 0 spiro atoms. The van der Waals surface area contributed by atoms with Crippen molar-refractivity contribution >= 4 is 23.9 Å². The van der Waals surface area contributed by atoms with Crippen LogP contribution >= 0.6 is 12.4 Å². The highest BCUT2D eigenvalue weighted by Crippen LogP contribution is 2.32. The summed E-state index contributed by atoms with van der Waals surface area (Å²) in [5, 5.41) is 3.27. The number of nitrogens with zero attached hydrogens (tertiary/aromatic N) is 3. The van der Waals surface area contributed by atoms with Gasteiger partial charge in [0.05, 0.1) is 11.9 Å². The lowest BCUT2D eigenvalue weighted by molar-refractivity contribution is 0.312.